The maximum absolute atomic E-state index is 12.1. The van der Waals surface area contributed by atoms with Crippen LogP contribution in [0.4, 0.5) is 0 Å². The molecule has 0 bridgehead atoms. The van der Waals surface area contributed by atoms with E-state index in [4.69, 9.17) is 4.74 Å². The monoisotopic (exact) mass is 233 g/mol. The standard InChI is InChI=1S/C14H19NO2/c1-10-4-3-5-11(6-10)7-14(16)13-8-12(17-2)9-15-13/h3-6,12-13,15H,7-9H2,1-2H3. The molecule has 0 saturated carbocycles. The van der Waals surface area contributed by atoms with E-state index in [1.807, 2.05) is 25.1 Å². The second-order valence-corrected chi connectivity index (χ2v) is 4.69. The maximum atomic E-state index is 12.1. The lowest BCUT2D eigenvalue weighted by Gasteiger charge is -2.09. The molecule has 3 heteroatoms. The minimum absolute atomic E-state index is 0.0412. The van der Waals surface area contributed by atoms with E-state index in [1.165, 1.54) is 5.56 Å². The molecule has 1 aliphatic rings. The minimum Gasteiger partial charge on any atom is -0.380 e. The van der Waals surface area contributed by atoms with Crippen molar-refractivity contribution in [3.8, 4) is 0 Å². The third-order valence-corrected chi connectivity index (χ3v) is 3.27. The van der Waals surface area contributed by atoms with E-state index in [1.54, 1.807) is 7.11 Å². The largest absolute Gasteiger partial charge is 0.380 e. The summed E-state index contributed by atoms with van der Waals surface area (Å²) in [5.41, 5.74) is 2.29. The SMILES string of the molecule is COC1CNC(C(=O)Cc2cccc(C)c2)C1. The van der Waals surface area contributed by atoms with Crippen LogP contribution in [0.1, 0.15) is 17.5 Å². The second-order valence-electron chi connectivity index (χ2n) is 4.69. The van der Waals surface area contributed by atoms with Crippen molar-refractivity contribution in [2.45, 2.75) is 31.9 Å². The van der Waals surface area contributed by atoms with Gasteiger partial charge in [0.15, 0.2) is 5.78 Å². The number of rotatable bonds is 4. The molecule has 1 aromatic carbocycles. The fraction of sp³-hybridized carbons (Fsp3) is 0.500. The van der Waals surface area contributed by atoms with E-state index in [2.05, 4.69) is 11.4 Å². The van der Waals surface area contributed by atoms with Crippen molar-refractivity contribution in [1.82, 2.24) is 5.32 Å². The van der Waals surface area contributed by atoms with E-state index in [-0.39, 0.29) is 17.9 Å². The molecule has 92 valence electrons. The van der Waals surface area contributed by atoms with E-state index < -0.39 is 0 Å². The molecule has 1 fully saturated rings. The number of benzene rings is 1. The van der Waals surface area contributed by atoms with Crippen molar-refractivity contribution >= 4 is 5.78 Å². The van der Waals surface area contributed by atoms with Gasteiger partial charge in [-0.05, 0) is 18.9 Å². The Kier molecular flexibility index (Phi) is 3.92. The van der Waals surface area contributed by atoms with Crippen molar-refractivity contribution in [1.29, 1.82) is 0 Å². The van der Waals surface area contributed by atoms with Gasteiger partial charge in [0.2, 0.25) is 0 Å². The number of carbonyl (C=O) groups excluding carboxylic acids is 1. The van der Waals surface area contributed by atoms with Crippen molar-refractivity contribution in [2.75, 3.05) is 13.7 Å². The van der Waals surface area contributed by atoms with Gasteiger partial charge >= 0.3 is 0 Å². The number of Topliss-reactive ketones (excluding diaryl/α,β-unsaturated/α-hetero) is 1. The van der Waals surface area contributed by atoms with Crippen molar-refractivity contribution in [3.63, 3.8) is 0 Å². The van der Waals surface area contributed by atoms with Crippen LogP contribution < -0.4 is 5.32 Å². The van der Waals surface area contributed by atoms with Crippen LogP contribution in [0, 0.1) is 6.92 Å². The third-order valence-electron chi connectivity index (χ3n) is 3.27. The summed E-state index contributed by atoms with van der Waals surface area (Å²) in [5.74, 6) is 0.259. The predicted octanol–water partition coefficient (Wildman–Crippen LogP) is 1.48. The molecule has 0 aromatic heterocycles. The lowest BCUT2D eigenvalue weighted by atomic mass is 10.0. The van der Waals surface area contributed by atoms with Gasteiger partial charge in [0.1, 0.15) is 0 Å². The molecule has 0 aliphatic carbocycles. The molecular weight excluding hydrogens is 214 g/mol. The molecule has 0 radical (unpaired) electrons. The number of hydrogen-bond donors (Lipinski definition) is 1. The van der Waals surface area contributed by atoms with Gasteiger partial charge in [0, 0.05) is 20.1 Å². The highest BCUT2D eigenvalue weighted by molar-refractivity contribution is 5.86. The summed E-state index contributed by atoms with van der Waals surface area (Å²) >= 11 is 0. The molecule has 17 heavy (non-hydrogen) atoms. The van der Waals surface area contributed by atoms with Gasteiger partial charge < -0.3 is 10.1 Å². The topological polar surface area (TPSA) is 38.3 Å². The first-order valence-electron chi connectivity index (χ1n) is 6.03. The van der Waals surface area contributed by atoms with Gasteiger partial charge in [-0.25, -0.2) is 0 Å². The number of hydrogen-bond acceptors (Lipinski definition) is 3. The second kappa shape index (κ2) is 5.43. The maximum Gasteiger partial charge on any atom is 0.154 e. The number of methoxy groups -OCH3 is 1. The smallest absolute Gasteiger partial charge is 0.154 e. The van der Waals surface area contributed by atoms with Crippen LogP contribution in [0.3, 0.4) is 0 Å². The Labute approximate surface area is 102 Å². The Hall–Kier alpha value is -1.19. The van der Waals surface area contributed by atoms with Gasteiger partial charge in [0.05, 0.1) is 12.1 Å². The van der Waals surface area contributed by atoms with Crippen LogP contribution in [0.15, 0.2) is 24.3 Å². The van der Waals surface area contributed by atoms with Crippen LogP contribution in [0.25, 0.3) is 0 Å². The molecule has 1 N–H and O–H groups in total. The van der Waals surface area contributed by atoms with Gasteiger partial charge in [-0.3, -0.25) is 4.79 Å². The van der Waals surface area contributed by atoms with Crippen molar-refractivity contribution < 1.29 is 9.53 Å². The zero-order valence-electron chi connectivity index (χ0n) is 10.4. The molecule has 1 aromatic rings. The Morgan fingerprint density at radius 3 is 3.00 bits per heavy atom. The van der Waals surface area contributed by atoms with Gasteiger partial charge in [-0.15, -0.1) is 0 Å². The summed E-state index contributed by atoms with van der Waals surface area (Å²) in [4.78, 5) is 12.1. The Morgan fingerprint density at radius 2 is 2.35 bits per heavy atom. The molecule has 1 aliphatic heterocycles. The summed E-state index contributed by atoms with van der Waals surface area (Å²) in [6, 6.07) is 8.08. The average molecular weight is 233 g/mol. The third kappa shape index (κ3) is 3.14. The first-order valence-corrected chi connectivity index (χ1v) is 6.03. The van der Waals surface area contributed by atoms with E-state index in [9.17, 15) is 4.79 Å². The van der Waals surface area contributed by atoms with E-state index >= 15 is 0 Å². The molecule has 2 atom stereocenters. The van der Waals surface area contributed by atoms with E-state index in [0.717, 1.165) is 18.5 Å². The summed E-state index contributed by atoms with van der Waals surface area (Å²) < 4.78 is 5.25. The van der Waals surface area contributed by atoms with Gasteiger partial charge in [0.25, 0.3) is 0 Å². The van der Waals surface area contributed by atoms with Crippen LogP contribution in [0.2, 0.25) is 0 Å². The Bertz CT molecular complexity index is 403. The number of carbonyl (C=O) groups is 1. The molecule has 1 heterocycles. The number of aryl methyl sites for hydroxylation is 1. The highest BCUT2D eigenvalue weighted by Gasteiger charge is 2.28. The van der Waals surface area contributed by atoms with Crippen molar-refractivity contribution in [3.05, 3.63) is 35.4 Å². The normalized spacial score (nSPS) is 23.9. The zero-order chi connectivity index (χ0) is 12.3. The van der Waals surface area contributed by atoms with Crippen LogP contribution in [-0.4, -0.2) is 31.6 Å². The Balaban J connectivity index is 1.93. The lowest BCUT2D eigenvalue weighted by molar-refractivity contribution is -0.120. The van der Waals surface area contributed by atoms with Crippen molar-refractivity contribution in [2.24, 2.45) is 0 Å². The fourth-order valence-corrected chi connectivity index (χ4v) is 2.27. The van der Waals surface area contributed by atoms with Gasteiger partial charge in [-0.1, -0.05) is 29.8 Å². The van der Waals surface area contributed by atoms with E-state index in [0.29, 0.717) is 6.42 Å². The molecule has 3 nitrogen and oxygen atoms in total. The average Bonchev–Trinajstić information content (AvgIpc) is 2.77. The summed E-state index contributed by atoms with van der Waals surface area (Å²) in [5, 5.41) is 3.22. The van der Waals surface area contributed by atoms with Crippen LogP contribution >= 0.6 is 0 Å². The summed E-state index contributed by atoms with van der Waals surface area (Å²) in [6.07, 6.45) is 1.48. The fourth-order valence-electron chi connectivity index (χ4n) is 2.27. The first kappa shape index (κ1) is 12.3. The highest BCUT2D eigenvalue weighted by Crippen LogP contribution is 2.13. The highest BCUT2D eigenvalue weighted by atomic mass is 16.5. The molecule has 2 unspecified atom stereocenters. The molecule has 0 spiro atoms. The summed E-state index contributed by atoms with van der Waals surface area (Å²) in [6.45, 7) is 2.82. The molecule has 1 saturated heterocycles. The number of ether oxygens (including phenoxy) is 1. The Morgan fingerprint density at radius 1 is 1.53 bits per heavy atom. The molecule has 0 amide bonds. The number of ketones is 1. The number of nitrogens with one attached hydrogen (secondary N) is 1. The quantitative estimate of drug-likeness (QED) is 0.856. The first-order chi connectivity index (χ1) is 8.19. The predicted molar refractivity (Wildman–Crippen MR) is 67.1 cm³/mol. The minimum atomic E-state index is -0.0412. The zero-order valence-corrected chi connectivity index (χ0v) is 10.4. The summed E-state index contributed by atoms with van der Waals surface area (Å²) in [7, 11) is 1.69. The molecular formula is C14H19NO2. The van der Waals surface area contributed by atoms with Gasteiger partial charge in [-0.2, -0.15) is 0 Å². The molecule has 2 rings (SSSR count). The lowest BCUT2D eigenvalue weighted by Crippen LogP contribution is -2.31. The van der Waals surface area contributed by atoms with Crippen LogP contribution in [-0.2, 0) is 16.0 Å². The van der Waals surface area contributed by atoms with Crippen LogP contribution in [0.5, 0.6) is 0 Å².